The van der Waals surface area contributed by atoms with E-state index in [4.69, 9.17) is 21.1 Å². The minimum Gasteiger partial charge on any atom is -0.497 e. The maximum Gasteiger partial charge on any atom is 0.338 e. The van der Waals surface area contributed by atoms with Crippen LogP contribution >= 0.6 is 23.4 Å². The lowest BCUT2D eigenvalue weighted by Gasteiger charge is -2.09. The lowest BCUT2D eigenvalue weighted by molar-refractivity contribution is -0.113. The number of methoxy groups -OCH3 is 1. The molecule has 0 aliphatic rings. The van der Waals surface area contributed by atoms with Crippen LogP contribution in [0.5, 0.6) is 5.75 Å². The van der Waals surface area contributed by atoms with E-state index < -0.39 is 5.97 Å². The molecule has 10 heteroatoms. The maximum atomic E-state index is 12.3. The highest BCUT2D eigenvalue weighted by atomic mass is 35.5. The predicted octanol–water partition coefficient (Wildman–Crippen LogP) is 3.97. The van der Waals surface area contributed by atoms with Gasteiger partial charge in [0.05, 0.1) is 35.7 Å². The van der Waals surface area contributed by atoms with Crippen LogP contribution in [0.15, 0.2) is 47.6 Å². The van der Waals surface area contributed by atoms with Crippen molar-refractivity contribution in [3.8, 4) is 5.75 Å². The number of halogens is 1. The molecule has 0 unspecified atom stereocenters. The van der Waals surface area contributed by atoms with Crippen molar-refractivity contribution < 1.29 is 19.1 Å². The highest BCUT2D eigenvalue weighted by Crippen LogP contribution is 2.24. The van der Waals surface area contributed by atoms with Crippen molar-refractivity contribution in [1.82, 2.24) is 15.2 Å². The van der Waals surface area contributed by atoms with Gasteiger partial charge in [0.15, 0.2) is 0 Å². The molecule has 2 aromatic carbocycles. The third-order valence-corrected chi connectivity index (χ3v) is 5.30. The van der Waals surface area contributed by atoms with Gasteiger partial charge in [-0.15, -0.1) is 5.10 Å². The Labute approximate surface area is 188 Å². The summed E-state index contributed by atoms with van der Waals surface area (Å²) in [4.78, 5) is 28.6. The third kappa shape index (κ3) is 6.47. The summed E-state index contributed by atoms with van der Waals surface area (Å²) in [7, 11) is 1.62. The molecular formula is C21H21ClN4O4S. The normalized spacial score (nSPS) is 10.5. The molecule has 1 aromatic heterocycles. The molecule has 0 bridgehead atoms. The van der Waals surface area contributed by atoms with E-state index in [2.05, 4.69) is 20.5 Å². The smallest absolute Gasteiger partial charge is 0.338 e. The zero-order valence-electron chi connectivity index (χ0n) is 17.0. The number of esters is 1. The summed E-state index contributed by atoms with van der Waals surface area (Å²) in [6.45, 7) is 1.98. The molecule has 1 amide bonds. The van der Waals surface area contributed by atoms with Crippen LogP contribution in [0.3, 0.4) is 0 Å². The van der Waals surface area contributed by atoms with Gasteiger partial charge in [-0.05, 0) is 42.8 Å². The first-order valence-corrected chi connectivity index (χ1v) is 10.8. The molecule has 2 N–H and O–H groups in total. The number of anilines is 1. The topological polar surface area (TPSA) is 106 Å². The number of aromatic amines is 1. The number of benzene rings is 2. The summed E-state index contributed by atoms with van der Waals surface area (Å²) in [5, 5.41) is 10.5. The molecule has 0 aliphatic carbocycles. The van der Waals surface area contributed by atoms with Crippen LogP contribution in [0.1, 0.15) is 28.7 Å². The number of ether oxygens (including phenoxy) is 2. The average Bonchev–Trinajstić information content (AvgIpc) is 3.22. The van der Waals surface area contributed by atoms with E-state index in [1.54, 1.807) is 20.1 Å². The molecule has 0 saturated heterocycles. The fraction of sp³-hybridized carbons (Fsp3) is 0.238. The first-order valence-electron chi connectivity index (χ1n) is 9.42. The molecule has 0 atom stereocenters. The van der Waals surface area contributed by atoms with Crippen molar-refractivity contribution in [3.63, 3.8) is 0 Å². The molecule has 3 aromatic rings. The van der Waals surface area contributed by atoms with Crippen LogP contribution in [0.25, 0.3) is 0 Å². The van der Waals surface area contributed by atoms with Crippen molar-refractivity contribution in [2.24, 2.45) is 0 Å². The van der Waals surface area contributed by atoms with Crippen LogP contribution in [0.4, 0.5) is 5.69 Å². The number of aromatic nitrogens is 3. The van der Waals surface area contributed by atoms with Gasteiger partial charge in [-0.2, -0.15) is 0 Å². The average molecular weight is 461 g/mol. The highest BCUT2D eigenvalue weighted by molar-refractivity contribution is 7.99. The standard InChI is InChI=1S/C21H21ClN4O4S/c1-3-30-20(28)14-6-9-16(22)17(11-14)23-19(27)12-31-21-24-18(25-26-21)10-13-4-7-15(29-2)8-5-13/h4-9,11H,3,10,12H2,1-2H3,(H,23,27)(H,24,25,26). The lowest BCUT2D eigenvalue weighted by Crippen LogP contribution is -2.15. The fourth-order valence-corrected chi connectivity index (χ4v) is 3.42. The van der Waals surface area contributed by atoms with E-state index in [1.807, 2.05) is 24.3 Å². The molecule has 31 heavy (non-hydrogen) atoms. The number of rotatable bonds is 9. The van der Waals surface area contributed by atoms with Gasteiger partial charge in [0.2, 0.25) is 11.1 Å². The maximum absolute atomic E-state index is 12.3. The summed E-state index contributed by atoms with van der Waals surface area (Å²) in [5.74, 6) is 0.790. The van der Waals surface area contributed by atoms with Crippen LogP contribution in [0.2, 0.25) is 5.02 Å². The largest absolute Gasteiger partial charge is 0.497 e. The number of H-pyrrole nitrogens is 1. The van der Waals surface area contributed by atoms with Crippen LogP contribution < -0.4 is 10.1 Å². The molecule has 162 valence electrons. The summed E-state index contributed by atoms with van der Waals surface area (Å²) in [6.07, 6.45) is 0.583. The van der Waals surface area contributed by atoms with Crippen molar-refractivity contribution >= 4 is 40.9 Å². The quantitative estimate of drug-likeness (QED) is 0.367. The number of thioether (sulfide) groups is 1. The van der Waals surface area contributed by atoms with Gasteiger partial charge in [-0.1, -0.05) is 35.5 Å². The zero-order valence-corrected chi connectivity index (χ0v) is 18.5. The number of nitrogens with zero attached hydrogens (tertiary/aromatic N) is 2. The van der Waals surface area contributed by atoms with Crippen molar-refractivity contribution in [3.05, 3.63) is 64.4 Å². The summed E-state index contributed by atoms with van der Waals surface area (Å²) < 4.78 is 10.1. The van der Waals surface area contributed by atoms with Crippen molar-refractivity contribution in [2.75, 3.05) is 24.8 Å². The van der Waals surface area contributed by atoms with Gasteiger partial charge in [-0.25, -0.2) is 9.78 Å². The molecule has 0 fully saturated rings. The number of amides is 1. The first-order chi connectivity index (χ1) is 15.0. The molecule has 3 rings (SSSR count). The van der Waals surface area contributed by atoms with Gasteiger partial charge >= 0.3 is 5.97 Å². The first kappa shape index (κ1) is 22.6. The Hall–Kier alpha value is -3.04. The van der Waals surface area contributed by atoms with E-state index in [0.29, 0.717) is 33.7 Å². The van der Waals surface area contributed by atoms with Gasteiger partial charge in [0, 0.05) is 6.42 Å². The van der Waals surface area contributed by atoms with E-state index in [1.165, 1.54) is 23.9 Å². The van der Waals surface area contributed by atoms with Crippen molar-refractivity contribution in [1.29, 1.82) is 0 Å². The minimum atomic E-state index is -0.478. The fourth-order valence-electron chi connectivity index (χ4n) is 2.64. The Morgan fingerprint density at radius 3 is 2.68 bits per heavy atom. The number of carbonyl (C=O) groups is 2. The van der Waals surface area contributed by atoms with Crippen LogP contribution in [-0.4, -0.2) is 46.5 Å². The van der Waals surface area contributed by atoms with Gasteiger partial charge in [0.25, 0.3) is 0 Å². The summed E-state index contributed by atoms with van der Waals surface area (Å²) >= 11 is 7.32. The van der Waals surface area contributed by atoms with Gasteiger partial charge in [0.1, 0.15) is 11.6 Å². The molecule has 0 radical (unpaired) electrons. The Morgan fingerprint density at radius 2 is 1.97 bits per heavy atom. The van der Waals surface area contributed by atoms with E-state index in [9.17, 15) is 9.59 Å². The Kier molecular flexibility index (Phi) is 7.91. The second-order valence-corrected chi connectivity index (χ2v) is 7.69. The number of nitrogens with one attached hydrogen (secondary N) is 2. The molecule has 0 aliphatic heterocycles. The molecule has 8 nitrogen and oxygen atoms in total. The number of carbonyl (C=O) groups excluding carboxylic acids is 2. The Bertz CT molecular complexity index is 1060. The van der Waals surface area contributed by atoms with E-state index >= 15 is 0 Å². The summed E-state index contributed by atoms with van der Waals surface area (Å²) in [5.41, 5.74) is 1.71. The Balaban J connectivity index is 1.54. The molecular weight excluding hydrogens is 440 g/mol. The van der Waals surface area contributed by atoms with E-state index in [-0.39, 0.29) is 18.3 Å². The van der Waals surface area contributed by atoms with Gasteiger partial charge < -0.3 is 14.8 Å². The Morgan fingerprint density at radius 1 is 1.19 bits per heavy atom. The van der Waals surface area contributed by atoms with E-state index in [0.717, 1.165) is 11.3 Å². The zero-order chi connectivity index (χ0) is 22.2. The molecule has 0 spiro atoms. The van der Waals surface area contributed by atoms with Crippen LogP contribution in [0, 0.1) is 0 Å². The number of hydrogen-bond acceptors (Lipinski definition) is 7. The second kappa shape index (κ2) is 10.8. The third-order valence-electron chi connectivity index (χ3n) is 4.13. The SMILES string of the molecule is CCOC(=O)c1ccc(Cl)c(NC(=O)CSc2n[nH]c(Cc3ccc(OC)cc3)n2)c1. The van der Waals surface area contributed by atoms with Gasteiger partial charge in [-0.3, -0.25) is 9.89 Å². The molecule has 1 heterocycles. The minimum absolute atomic E-state index is 0.0831. The van der Waals surface area contributed by atoms with Crippen LogP contribution in [-0.2, 0) is 16.0 Å². The molecule has 0 saturated carbocycles. The lowest BCUT2D eigenvalue weighted by atomic mass is 10.1. The monoisotopic (exact) mass is 460 g/mol. The highest BCUT2D eigenvalue weighted by Gasteiger charge is 2.13. The second-order valence-electron chi connectivity index (χ2n) is 6.34. The van der Waals surface area contributed by atoms with Crippen molar-refractivity contribution in [2.45, 2.75) is 18.5 Å². The number of hydrogen-bond donors (Lipinski definition) is 2. The predicted molar refractivity (Wildman–Crippen MR) is 119 cm³/mol. The summed E-state index contributed by atoms with van der Waals surface area (Å²) in [6, 6.07) is 12.2.